The lowest BCUT2D eigenvalue weighted by molar-refractivity contribution is -0.136. The van der Waals surface area contributed by atoms with Crippen molar-refractivity contribution in [3.05, 3.63) is 59.7 Å². The number of benzene rings is 2. The van der Waals surface area contributed by atoms with Gasteiger partial charge in [0.1, 0.15) is 5.75 Å². The molecule has 3 N–H and O–H groups in total. The van der Waals surface area contributed by atoms with E-state index >= 15 is 0 Å². The Morgan fingerprint density at radius 3 is 2.16 bits per heavy atom. The Morgan fingerprint density at radius 2 is 1.56 bits per heavy atom. The van der Waals surface area contributed by atoms with Crippen LogP contribution >= 0.6 is 0 Å². The largest absolute Gasteiger partial charge is 0.497 e. The molecule has 2 saturated carbocycles. The number of ether oxygens (including phenoxy) is 1. The Balaban J connectivity index is 1.35. The van der Waals surface area contributed by atoms with E-state index in [0.29, 0.717) is 18.9 Å². The van der Waals surface area contributed by atoms with Crippen molar-refractivity contribution in [2.75, 3.05) is 12.4 Å². The molecule has 2 amide bonds. The lowest BCUT2D eigenvalue weighted by Crippen LogP contribution is -2.44. The van der Waals surface area contributed by atoms with E-state index in [9.17, 15) is 9.59 Å². The molecule has 2 aromatic carbocycles. The van der Waals surface area contributed by atoms with Crippen molar-refractivity contribution in [2.45, 2.75) is 63.6 Å². The topological polar surface area (TPSA) is 84.7 Å². The van der Waals surface area contributed by atoms with Crippen LogP contribution < -0.4 is 15.8 Å². The number of nitrogens with one attached hydrogen (secondary N) is 1. The number of methoxy groups -OCH3 is 1. The third-order valence-electron chi connectivity index (χ3n) is 6.51. The van der Waals surface area contributed by atoms with Crippen LogP contribution in [0.4, 0.5) is 5.69 Å². The number of nitrogens with zero attached hydrogens (tertiary/aromatic N) is 1. The van der Waals surface area contributed by atoms with Gasteiger partial charge in [0.15, 0.2) is 0 Å². The van der Waals surface area contributed by atoms with Crippen molar-refractivity contribution in [3.8, 4) is 5.75 Å². The molecule has 6 nitrogen and oxygen atoms in total. The highest BCUT2D eigenvalue weighted by Crippen LogP contribution is 2.34. The molecule has 0 unspecified atom stereocenters. The third-order valence-corrected chi connectivity index (χ3v) is 6.51. The van der Waals surface area contributed by atoms with Gasteiger partial charge in [-0.2, -0.15) is 0 Å². The summed E-state index contributed by atoms with van der Waals surface area (Å²) in [6.07, 6.45) is 6.27. The van der Waals surface area contributed by atoms with E-state index in [-0.39, 0.29) is 23.9 Å². The molecule has 0 aliphatic heterocycles. The molecule has 4 rings (SSSR count). The summed E-state index contributed by atoms with van der Waals surface area (Å²) >= 11 is 0. The van der Waals surface area contributed by atoms with Gasteiger partial charge in [-0.25, -0.2) is 0 Å². The van der Waals surface area contributed by atoms with E-state index in [4.69, 9.17) is 10.5 Å². The van der Waals surface area contributed by atoms with Crippen LogP contribution in [0, 0.1) is 5.92 Å². The molecule has 0 aromatic heterocycles. The third kappa shape index (κ3) is 5.88. The van der Waals surface area contributed by atoms with Gasteiger partial charge in [-0.1, -0.05) is 24.3 Å². The Labute approximate surface area is 190 Å². The number of anilines is 1. The zero-order valence-corrected chi connectivity index (χ0v) is 18.8. The van der Waals surface area contributed by atoms with Gasteiger partial charge >= 0.3 is 0 Å². The quantitative estimate of drug-likeness (QED) is 0.659. The van der Waals surface area contributed by atoms with Crippen LogP contribution in [0.15, 0.2) is 48.5 Å². The van der Waals surface area contributed by atoms with E-state index < -0.39 is 0 Å². The molecule has 0 heterocycles. The summed E-state index contributed by atoms with van der Waals surface area (Å²) < 4.78 is 5.15. The lowest BCUT2D eigenvalue weighted by atomic mass is 9.90. The molecule has 2 fully saturated rings. The molecule has 2 aromatic rings. The van der Waals surface area contributed by atoms with Gasteiger partial charge in [-0.3, -0.25) is 9.59 Å². The molecule has 2 aliphatic carbocycles. The molecule has 0 atom stereocenters. The monoisotopic (exact) mass is 435 g/mol. The Morgan fingerprint density at radius 1 is 0.938 bits per heavy atom. The predicted octanol–water partition coefficient (Wildman–Crippen LogP) is 3.88. The molecule has 32 heavy (non-hydrogen) atoms. The number of amides is 2. The van der Waals surface area contributed by atoms with Crippen molar-refractivity contribution in [3.63, 3.8) is 0 Å². The minimum Gasteiger partial charge on any atom is -0.497 e. The molecule has 0 radical (unpaired) electrons. The van der Waals surface area contributed by atoms with E-state index in [1.165, 1.54) is 0 Å². The first-order chi connectivity index (χ1) is 15.5. The maximum atomic E-state index is 12.9. The van der Waals surface area contributed by atoms with E-state index in [1.54, 1.807) is 7.11 Å². The second-order valence-corrected chi connectivity index (χ2v) is 9.08. The maximum Gasteiger partial charge on any atom is 0.228 e. The molecular formula is C26H33N3O3. The van der Waals surface area contributed by atoms with E-state index in [0.717, 1.165) is 61.1 Å². The van der Waals surface area contributed by atoms with Crippen molar-refractivity contribution < 1.29 is 14.3 Å². The minimum absolute atomic E-state index is 0.0630. The summed E-state index contributed by atoms with van der Waals surface area (Å²) in [6.45, 7) is 0.620. The van der Waals surface area contributed by atoms with Crippen LogP contribution in [-0.4, -0.2) is 35.9 Å². The zero-order valence-electron chi connectivity index (χ0n) is 18.8. The molecule has 0 saturated heterocycles. The molecule has 6 heteroatoms. The SMILES string of the molecule is COc1ccc(CC(=O)Nc2ccc(CN(C(=O)C3CC3)C3CCC(N)CC3)cc2)cc1. The summed E-state index contributed by atoms with van der Waals surface area (Å²) in [5.74, 6) is 1.21. The van der Waals surface area contributed by atoms with Crippen LogP contribution in [0.2, 0.25) is 0 Å². The van der Waals surface area contributed by atoms with Crippen LogP contribution in [0.1, 0.15) is 49.7 Å². The highest BCUT2D eigenvalue weighted by molar-refractivity contribution is 5.92. The number of hydrogen-bond acceptors (Lipinski definition) is 4. The average Bonchev–Trinajstić information content (AvgIpc) is 3.65. The summed E-state index contributed by atoms with van der Waals surface area (Å²) in [6, 6.07) is 15.9. The highest BCUT2D eigenvalue weighted by Gasteiger charge is 2.37. The molecule has 0 spiro atoms. The average molecular weight is 436 g/mol. The minimum atomic E-state index is -0.0630. The van der Waals surface area contributed by atoms with Crippen molar-refractivity contribution in [2.24, 2.45) is 11.7 Å². The van der Waals surface area contributed by atoms with Crippen molar-refractivity contribution in [1.82, 2.24) is 4.90 Å². The van der Waals surface area contributed by atoms with E-state index in [1.807, 2.05) is 48.5 Å². The summed E-state index contributed by atoms with van der Waals surface area (Å²) in [7, 11) is 1.62. The normalized spacial score (nSPS) is 20.4. The maximum absolute atomic E-state index is 12.9. The van der Waals surface area contributed by atoms with Gasteiger partial charge in [0, 0.05) is 30.2 Å². The summed E-state index contributed by atoms with van der Waals surface area (Å²) in [5.41, 5.74) is 8.85. The van der Waals surface area contributed by atoms with Gasteiger partial charge in [0.05, 0.1) is 13.5 Å². The summed E-state index contributed by atoms with van der Waals surface area (Å²) in [4.78, 5) is 27.4. The van der Waals surface area contributed by atoms with Crippen LogP contribution in [-0.2, 0) is 22.6 Å². The standard InChI is InChI=1S/C26H33N3O3/c1-32-24-14-4-18(5-15-24)16-25(30)28-22-10-2-19(3-11-22)17-29(26(31)20-6-7-20)23-12-8-21(27)9-13-23/h2-5,10-11,14-15,20-21,23H,6-9,12-13,16-17,27H2,1H3,(H,28,30). The van der Waals surface area contributed by atoms with Crippen molar-refractivity contribution >= 4 is 17.5 Å². The van der Waals surface area contributed by atoms with Gasteiger partial charge in [-0.15, -0.1) is 0 Å². The zero-order chi connectivity index (χ0) is 22.5. The fourth-order valence-electron chi connectivity index (χ4n) is 4.39. The Bertz CT molecular complexity index is 914. The van der Waals surface area contributed by atoms with E-state index in [2.05, 4.69) is 10.2 Å². The van der Waals surface area contributed by atoms with Gasteiger partial charge in [-0.05, 0) is 73.9 Å². The van der Waals surface area contributed by atoms with Gasteiger partial charge in [0.2, 0.25) is 11.8 Å². The van der Waals surface area contributed by atoms with Gasteiger partial charge in [0.25, 0.3) is 0 Å². The smallest absolute Gasteiger partial charge is 0.228 e. The number of rotatable bonds is 8. The first-order valence-corrected chi connectivity index (χ1v) is 11.6. The second kappa shape index (κ2) is 10.2. The van der Waals surface area contributed by atoms with Crippen LogP contribution in [0.5, 0.6) is 5.75 Å². The fraction of sp³-hybridized carbons (Fsp3) is 0.462. The second-order valence-electron chi connectivity index (χ2n) is 9.08. The van der Waals surface area contributed by atoms with Crippen LogP contribution in [0.3, 0.4) is 0 Å². The van der Waals surface area contributed by atoms with Crippen molar-refractivity contribution in [1.29, 1.82) is 0 Å². The lowest BCUT2D eigenvalue weighted by Gasteiger charge is -2.36. The Kier molecular flexibility index (Phi) is 7.10. The molecule has 170 valence electrons. The summed E-state index contributed by atoms with van der Waals surface area (Å²) in [5, 5.41) is 2.95. The first-order valence-electron chi connectivity index (χ1n) is 11.6. The first kappa shape index (κ1) is 22.3. The predicted molar refractivity (Wildman–Crippen MR) is 125 cm³/mol. The Hall–Kier alpha value is -2.86. The highest BCUT2D eigenvalue weighted by atomic mass is 16.5. The number of carbonyl (C=O) groups excluding carboxylic acids is 2. The molecular weight excluding hydrogens is 402 g/mol. The fourth-order valence-corrected chi connectivity index (χ4v) is 4.39. The molecule has 0 bridgehead atoms. The molecule has 2 aliphatic rings. The van der Waals surface area contributed by atoms with Gasteiger partial charge < -0.3 is 20.7 Å². The number of hydrogen-bond donors (Lipinski definition) is 2. The number of carbonyl (C=O) groups is 2. The van der Waals surface area contributed by atoms with Crippen LogP contribution in [0.25, 0.3) is 0 Å². The number of nitrogens with two attached hydrogens (primary N) is 1.